The molecule has 0 radical (unpaired) electrons. The first-order chi connectivity index (χ1) is 27.7. The third kappa shape index (κ3) is 13.2. The molecule has 0 amide bonds. The molecular formula is C41H48Cl2FN11O3S. The molecular weight excluding hydrogens is 816 g/mol. The number of fused-ring (bicyclic) bond motifs is 2. The Kier molecular flexibility index (Phi) is 15.4. The SMILES string of the molecule is CC(C)(C)OC(=O)n1ncc2cc(Nc3ccnc(Cl)n3)ccc21.CC1(F)CNC1.Cc1nc(Nc2ccc(C3=CCN=C3)cc2)c2sccc2n1.Cl.NC1CCOC1. The number of aromatic nitrogens is 6. The third-order valence-electron chi connectivity index (χ3n) is 8.53. The number of rotatable bonds is 5. The summed E-state index contributed by atoms with van der Waals surface area (Å²) >= 11 is 7.42. The molecule has 1 atom stereocenters. The van der Waals surface area contributed by atoms with Gasteiger partial charge in [-0.1, -0.05) is 18.2 Å². The van der Waals surface area contributed by atoms with Gasteiger partial charge in [-0.05, 0) is 112 Å². The first kappa shape index (κ1) is 45.0. The number of carbonyl (C=O) groups excluding carboxylic acids is 1. The summed E-state index contributed by atoms with van der Waals surface area (Å²) in [5, 5.41) is 16.5. The standard InChI is InChI=1S/C17H14N4S.C16H16ClN5O2.C4H8FN.C4H9NO.ClH/c1-11-19-15-7-9-22-16(15)17(20-11)21-14-4-2-12(3-5-14)13-6-8-18-10-13;1-16(2,3)24-15(23)22-12-5-4-11(8-10(12)9-19-22)20-13-6-7-18-14(17)21-13;1-4(5)2-6-3-4;5-4-1-2-6-3-4;/h2-7,9-10H,8H2,1H3,(H,19,20,21);4-9H,1-3H3,(H,18,20,21);6H,2-3H2,1H3;4H,1-3,5H2;1H. The van der Waals surface area contributed by atoms with E-state index in [0.29, 0.717) is 30.5 Å². The molecule has 312 valence electrons. The molecule has 0 saturated carbocycles. The quantitative estimate of drug-likeness (QED) is 0.121. The number of halogens is 3. The van der Waals surface area contributed by atoms with Crippen molar-refractivity contribution >= 4 is 97.4 Å². The Morgan fingerprint density at radius 3 is 2.42 bits per heavy atom. The van der Waals surface area contributed by atoms with Crippen molar-refractivity contribution in [3.8, 4) is 0 Å². The van der Waals surface area contributed by atoms with Crippen LogP contribution in [-0.2, 0) is 9.47 Å². The zero-order chi connectivity index (χ0) is 41.3. The molecule has 2 saturated heterocycles. The maximum atomic E-state index is 12.2. The van der Waals surface area contributed by atoms with E-state index in [1.807, 2.05) is 57.5 Å². The number of aliphatic imine (C=N–C) groups is 1. The average Bonchev–Trinajstić information content (AvgIpc) is 4.00. The number of benzene rings is 2. The monoisotopic (exact) mass is 863 g/mol. The van der Waals surface area contributed by atoms with Gasteiger partial charge in [-0.3, -0.25) is 4.99 Å². The summed E-state index contributed by atoms with van der Waals surface area (Å²) in [5.74, 6) is 2.22. The van der Waals surface area contributed by atoms with Gasteiger partial charge in [-0.25, -0.2) is 29.1 Å². The van der Waals surface area contributed by atoms with Crippen LogP contribution >= 0.6 is 35.3 Å². The summed E-state index contributed by atoms with van der Waals surface area (Å²) in [6.45, 7) is 12.4. The number of allylic oxidation sites excluding steroid dienone is 1. The van der Waals surface area contributed by atoms with Crippen molar-refractivity contribution in [2.75, 3.05) is 43.5 Å². The highest BCUT2D eigenvalue weighted by atomic mass is 35.5. The Bertz CT molecular complexity index is 2390. The van der Waals surface area contributed by atoms with E-state index in [4.69, 9.17) is 26.8 Å². The lowest BCUT2D eigenvalue weighted by Gasteiger charge is -2.30. The van der Waals surface area contributed by atoms with Gasteiger partial charge < -0.3 is 31.2 Å². The van der Waals surface area contributed by atoms with Crippen molar-refractivity contribution in [1.82, 2.24) is 35.0 Å². The van der Waals surface area contributed by atoms with E-state index in [1.165, 1.54) is 15.8 Å². The Morgan fingerprint density at radius 1 is 1.08 bits per heavy atom. The highest BCUT2D eigenvalue weighted by Crippen LogP contribution is 2.29. The highest BCUT2D eigenvalue weighted by Gasteiger charge is 2.30. The minimum atomic E-state index is -0.889. The van der Waals surface area contributed by atoms with E-state index in [0.717, 1.165) is 64.8 Å². The predicted molar refractivity (Wildman–Crippen MR) is 238 cm³/mol. The van der Waals surface area contributed by atoms with Gasteiger partial charge in [0.05, 0.1) is 35.1 Å². The molecule has 2 fully saturated rings. The van der Waals surface area contributed by atoms with Gasteiger partial charge >= 0.3 is 6.09 Å². The Balaban J connectivity index is 0.000000173. The number of aryl methyl sites for hydroxylation is 1. The number of alkyl halides is 1. The summed E-state index contributed by atoms with van der Waals surface area (Å²) in [5.41, 5.74) is 9.78. The Labute approximate surface area is 357 Å². The number of carbonyl (C=O) groups is 1. The Morgan fingerprint density at radius 2 is 1.83 bits per heavy atom. The van der Waals surface area contributed by atoms with E-state index >= 15 is 0 Å². The fourth-order valence-electron chi connectivity index (χ4n) is 5.63. The van der Waals surface area contributed by atoms with E-state index in [-0.39, 0.29) is 17.7 Å². The predicted octanol–water partition coefficient (Wildman–Crippen LogP) is 8.69. The zero-order valence-corrected chi connectivity index (χ0v) is 35.8. The van der Waals surface area contributed by atoms with Gasteiger partial charge in [0, 0.05) is 54.9 Å². The van der Waals surface area contributed by atoms with Crippen molar-refractivity contribution in [3.05, 3.63) is 95.1 Å². The smallest absolute Gasteiger partial charge is 0.435 e. The van der Waals surface area contributed by atoms with Crippen molar-refractivity contribution in [1.29, 1.82) is 0 Å². The van der Waals surface area contributed by atoms with E-state index in [1.54, 1.807) is 42.8 Å². The molecule has 0 spiro atoms. The van der Waals surface area contributed by atoms with Crippen LogP contribution in [0.25, 0.3) is 26.7 Å². The molecule has 5 N–H and O–H groups in total. The van der Waals surface area contributed by atoms with Gasteiger partial charge in [0.25, 0.3) is 0 Å². The fraction of sp³-hybridized carbons (Fsp3) is 0.341. The molecule has 6 aromatic rings. The van der Waals surface area contributed by atoms with Crippen LogP contribution in [0.15, 0.2) is 83.4 Å². The van der Waals surface area contributed by atoms with Gasteiger partial charge in [-0.2, -0.15) is 9.78 Å². The van der Waals surface area contributed by atoms with Crippen LogP contribution < -0.4 is 21.7 Å². The van der Waals surface area contributed by atoms with Crippen molar-refractivity contribution in [2.45, 2.75) is 58.4 Å². The van der Waals surface area contributed by atoms with Gasteiger partial charge in [0.1, 0.15) is 22.9 Å². The second-order valence-electron chi connectivity index (χ2n) is 14.9. The van der Waals surface area contributed by atoms with Crippen molar-refractivity contribution in [3.63, 3.8) is 0 Å². The summed E-state index contributed by atoms with van der Waals surface area (Å²) in [4.78, 5) is 33.3. The van der Waals surface area contributed by atoms with Crippen molar-refractivity contribution in [2.24, 2.45) is 10.7 Å². The average molecular weight is 865 g/mol. The molecule has 14 nitrogen and oxygen atoms in total. The Hall–Kier alpha value is -5.10. The molecule has 7 heterocycles. The molecule has 2 aromatic carbocycles. The molecule has 9 rings (SSSR count). The molecule has 18 heteroatoms. The molecule has 1 unspecified atom stereocenters. The number of hydrogen-bond donors (Lipinski definition) is 4. The highest BCUT2D eigenvalue weighted by molar-refractivity contribution is 7.17. The lowest BCUT2D eigenvalue weighted by molar-refractivity contribution is 0.0522. The molecule has 3 aliphatic heterocycles. The minimum Gasteiger partial charge on any atom is -0.442 e. The van der Waals surface area contributed by atoms with E-state index < -0.39 is 17.4 Å². The van der Waals surface area contributed by atoms with Crippen LogP contribution in [-0.4, -0.2) is 92.2 Å². The van der Waals surface area contributed by atoms with Gasteiger partial charge in [-0.15, -0.1) is 23.7 Å². The number of nitrogens with zero attached hydrogens (tertiary/aromatic N) is 7. The minimum absolute atomic E-state index is 0. The van der Waals surface area contributed by atoms with Crippen LogP contribution in [0.2, 0.25) is 5.28 Å². The second kappa shape index (κ2) is 20.2. The number of nitrogens with two attached hydrogens (primary N) is 1. The fourth-order valence-corrected chi connectivity index (χ4v) is 6.55. The first-order valence-electron chi connectivity index (χ1n) is 18.7. The van der Waals surface area contributed by atoms with Crippen LogP contribution in [0.5, 0.6) is 0 Å². The largest absolute Gasteiger partial charge is 0.442 e. The molecule has 4 aromatic heterocycles. The van der Waals surface area contributed by atoms with Gasteiger partial charge in [0.15, 0.2) is 5.82 Å². The first-order valence-corrected chi connectivity index (χ1v) is 20.0. The van der Waals surface area contributed by atoms with Crippen LogP contribution in [0, 0.1) is 6.92 Å². The molecule has 3 aliphatic rings. The summed E-state index contributed by atoms with van der Waals surface area (Å²) in [6, 6.07) is 17.9. The maximum Gasteiger partial charge on any atom is 0.435 e. The summed E-state index contributed by atoms with van der Waals surface area (Å²) in [7, 11) is 0. The summed E-state index contributed by atoms with van der Waals surface area (Å²) in [6.07, 6.45) is 7.76. The maximum absolute atomic E-state index is 12.2. The van der Waals surface area contributed by atoms with E-state index in [9.17, 15) is 9.18 Å². The molecule has 59 heavy (non-hydrogen) atoms. The van der Waals surface area contributed by atoms with Gasteiger partial charge in [0.2, 0.25) is 5.28 Å². The van der Waals surface area contributed by atoms with Crippen LogP contribution in [0.3, 0.4) is 0 Å². The second-order valence-corrected chi connectivity index (χ2v) is 16.2. The third-order valence-corrected chi connectivity index (χ3v) is 9.62. The van der Waals surface area contributed by atoms with Crippen LogP contribution in [0.1, 0.15) is 45.5 Å². The number of thiophene rings is 1. The number of anilines is 4. The molecule has 0 bridgehead atoms. The number of ether oxygens (including phenoxy) is 2. The normalized spacial score (nSPS) is 16.2. The number of nitrogens with one attached hydrogen (secondary N) is 3. The van der Waals surface area contributed by atoms with Crippen molar-refractivity contribution < 1.29 is 18.7 Å². The van der Waals surface area contributed by atoms with Crippen LogP contribution in [0.4, 0.5) is 32.2 Å². The lowest BCUT2D eigenvalue weighted by Crippen LogP contribution is -2.53. The lowest BCUT2D eigenvalue weighted by atomic mass is 10.0. The summed E-state index contributed by atoms with van der Waals surface area (Å²) < 4.78 is 24.7. The topological polar surface area (TPSA) is 179 Å². The van der Waals surface area contributed by atoms with E-state index in [2.05, 4.69) is 76.3 Å². The zero-order valence-electron chi connectivity index (χ0n) is 33.4. The molecule has 0 aliphatic carbocycles. The number of hydrogen-bond acceptors (Lipinski definition) is 14.